The van der Waals surface area contributed by atoms with Crippen molar-refractivity contribution >= 4 is 68.8 Å². The van der Waals surface area contributed by atoms with Gasteiger partial charge < -0.3 is 44.2 Å². The molecular formula is C52H48N10O13. The Morgan fingerprint density at radius 3 is 1.48 bits per heavy atom. The normalized spacial score (nSPS) is 18.7. The van der Waals surface area contributed by atoms with E-state index in [9.17, 15) is 44.5 Å². The number of hydrogen-bond acceptors (Lipinski definition) is 16. The molecule has 6 atom stereocenters. The summed E-state index contributed by atoms with van der Waals surface area (Å²) in [6, 6.07) is 31.5. The summed E-state index contributed by atoms with van der Waals surface area (Å²) in [5.74, 6) is -1.35. The molecule has 0 bridgehead atoms. The largest absolute Gasteiger partial charge is 0.478 e. The van der Waals surface area contributed by atoms with Crippen molar-refractivity contribution in [1.82, 2.24) is 29.1 Å². The molecule has 0 saturated carbocycles. The van der Waals surface area contributed by atoms with Gasteiger partial charge in [-0.15, -0.1) is 0 Å². The lowest BCUT2D eigenvalue weighted by Crippen LogP contribution is -2.26. The van der Waals surface area contributed by atoms with E-state index < -0.39 is 40.2 Å². The average Bonchev–Trinajstić information content (AvgIpc) is 4.25. The number of rotatable bonds is 13. The molecule has 0 unspecified atom stereocenters. The van der Waals surface area contributed by atoms with Gasteiger partial charge in [0, 0.05) is 60.6 Å². The number of fused-ring (bicyclic) bond motifs is 2. The number of non-ortho nitro benzene ring substituents is 2. The average molecular weight is 1020 g/mol. The van der Waals surface area contributed by atoms with E-state index in [2.05, 4.69) is 30.6 Å². The quantitative estimate of drug-likeness (QED) is 0.0477. The molecule has 2 aliphatic rings. The van der Waals surface area contributed by atoms with Crippen molar-refractivity contribution in [3.8, 4) is 0 Å². The number of nitro groups is 2. The topological polar surface area (TPSA) is 308 Å². The Balaban J connectivity index is 0.000000170. The summed E-state index contributed by atoms with van der Waals surface area (Å²) in [6.45, 7) is 3.93. The molecule has 2 aliphatic heterocycles. The van der Waals surface area contributed by atoms with Crippen LogP contribution in [-0.4, -0.2) is 97.3 Å². The van der Waals surface area contributed by atoms with E-state index in [1.807, 2.05) is 59.5 Å². The molecule has 4 aromatic heterocycles. The summed E-state index contributed by atoms with van der Waals surface area (Å²) in [5, 5.41) is 46.6. The van der Waals surface area contributed by atoms with Crippen LogP contribution in [0, 0.1) is 20.2 Å². The number of carbonyl (C=O) groups excluding carboxylic acids is 3. The van der Waals surface area contributed by atoms with Crippen LogP contribution in [-0.2, 0) is 14.2 Å². The van der Waals surface area contributed by atoms with Crippen molar-refractivity contribution in [2.24, 2.45) is 0 Å². The van der Waals surface area contributed by atoms with Gasteiger partial charge in [-0.3, -0.25) is 29.8 Å². The molecule has 23 heteroatoms. The number of anilines is 2. The fourth-order valence-electron chi connectivity index (χ4n) is 8.41. The maximum Gasteiger partial charge on any atom is 0.338 e. The van der Waals surface area contributed by atoms with Gasteiger partial charge in [-0.2, -0.15) is 0 Å². The number of aromatic nitrogens is 6. The zero-order valence-electron chi connectivity index (χ0n) is 40.1. The minimum absolute atomic E-state index is 0.0422. The number of aliphatic hydroxyl groups is 1. The number of carboxylic acid groups (broad SMARTS) is 1. The number of amides is 2. The first kappa shape index (κ1) is 52.0. The number of nitrogens with one attached hydrogen (secondary N) is 2. The number of aliphatic hydroxyl groups excluding tert-OH is 1. The fourth-order valence-corrected chi connectivity index (χ4v) is 8.41. The van der Waals surface area contributed by atoms with Gasteiger partial charge in [-0.1, -0.05) is 50.2 Å². The summed E-state index contributed by atoms with van der Waals surface area (Å²) in [7, 11) is 0. The number of hydrogen-bond donors (Lipinski definition) is 4. The van der Waals surface area contributed by atoms with Crippen molar-refractivity contribution in [3.05, 3.63) is 189 Å². The number of aromatic carboxylic acids is 1. The fraction of sp³-hybridized carbons (Fsp3) is 0.231. The summed E-state index contributed by atoms with van der Waals surface area (Å²) >= 11 is 0. The van der Waals surface area contributed by atoms with Crippen LogP contribution >= 0.6 is 0 Å². The van der Waals surface area contributed by atoms with Crippen LogP contribution < -0.4 is 10.6 Å². The first-order valence-corrected chi connectivity index (χ1v) is 23.5. The molecule has 10 rings (SSSR count). The number of carbonyl (C=O) groups is 4. The van der Waals surface area contributed by atoms with E-state index in [0.717, 1.165) is 23.9 Å². The highest BCUT2D eigenvalue weighted by Crippen LogP contribution is 2.37. The third kappa shape index (κ3) is 12.1. The molecule has 8 aromatic rings. The van der Waals surface area contributed by atoms with Crippen molar-refractivity contribution in [3.63, 3.8) is 0 Å². The maximum absolute atomic E-state index is 12.7. The van der Waals surface area contributed by atoms with Crippen LogP contribution in [0.15, 0.2) is 146 Å². The van der Waals surface area contributed by atoms with Gasteiger partial charge in [-0.05, 0) is 73.5 Å². The highest BCUT2D eigenvalue weighted by atomic mass is 16.6. The van der Waals surface area contributed by atoms with Crippen LogP contribution in [0.5, 0.6) is 0 Å². The Labute approximate surface area is 426 Å². The molecule has 23 nitrogen and oxygen atoms in total. The van der Waals surface area contributed by atoms with Gasteiger partial charge in [0.25, 0.3) is 23.2 Å². The molecule has 4 aromatic carbocycles. The molecule has 75 heavy (non-hydrogen) atoms. The molecule has 2 amide bonds. The van der Waals surface area contributed by atoms with Crippen LogP contribution in [0.3, 0.4) is 0 Å². The number of ether oxygens (including phenoxy) is 3. The number of benzene rings is 4. The second-order valence-electron chi connectivity index (χ2n) is 17.0. The first-order chi connectivity index (χ1) is 36.2. The standard InChI is InChI=1S/C26H23N5O6.C19H20N4O3.C7H5NO4/c1-2-20-21(37-26(33)17-8-10-18(11-9-17)31(34)35)14-22(36-20)30-13-12-19-23(27-15-28-24(19)30)29-25(32)16-6-4-3-5-7-16;1-2-15-14(24)10-16(26-15)23-9-8-13-17(20-11-21-18(13)23)22-19(25)12-6-4-3-5-7-12;9-7(10)5-1-3-6(4-2-5)8(11)12/h3-13,15,20-22H,2,14H2,1H3,(H,27,28,29,32);3-9,11,14-16,24H,2,10H2,1H3,(H,20,21,22,25);1-4H,(H,9,10)/t20-,21-,22-;14-,15+,16+;/m10./s1. The van der Waals surface area contributed by atoms with Crippen molar-refractivity contribution < 1.29 is 53.4 Å². The van der Waals surface area contributed by atoms with Crippen LogP contribution in [0.1, 0.15) is 93.4 Å². The predicted molar refractivity (Wildman–Crippen MR) is 270 cm³/mol. The summed E-state index contributed by atoms with van der Waals surface area (Å²) in [4.78, 5) is 85.1. The van der Waals surface area contributed by atoms with Crippen molar-refractivity contribution in [2.45, 2.75) is 76.4 Å². The van der Waals surface area contributed by atoms with E-state index in [1.54, 1.807) is 48.7 Å². The zero-order chi connectivity index (χ0) is 53.2. The highest BCUT2D eigenvalue weighted by molar-refractivity contribution is 6.08. The number of nitro benzene ring substituents is 2. The Kier molecular flexibility index (Phi) is 16.3. The summed E-state index contributed by atoms with van der Waals surface area (Å²) < 4.78 is 21.6. The van der Waals surface area contributed by atoms with Crippen LogP contribution in [0.4, 0.5) is 23.0 Å². The van der Waals surface area contributed by atoms with Crippen LogP contribution in [0.25, 0.3) is 22.1 Å². The van der Waals surface area contributed by atoms with Gasteiger partial charge >= 0.3 is 11.9 Å². The Bertz CT molecular complexity index is 3300. The monoisotopic (exact) mass is 1020 g/mol. The molecule has 0 radical (unpaired) electrons. The van der Waals surface area contributed by atoms with Gasteiger partial charge in [0.05, 0.1) is 50.1 Å². The van der Waals surface area contributed by atoms with E-state index in [0.29, 0.717) is 58.7 Å². The molecule has 2 fully saturated rings. The van der Waals surface area contributed by atoms with Crippen LogP contribution in [0.2, 0.25) is 0 Å². The first-order valence-electron chi connectivity index (χ1n) is 23.5. The maximum atomic E-state index is 12.7. The Morgan fingerprint density at radius 1 is 0.613 bits per heavy atom. The number of esters is 1. The smallest absolute Gasteiger partial charge is 0.338 e. The number of carboxylic acids is 1. The van der Waals surface area contributed by atoms with Crippen molar-refractivity contribution in [2.75, 3.05) is 10.6 Å². The molecule has 0 aliphatic carbocycles. The van der Waals surface area contributed by atoms with E-state index in [4.69, 9.17) is 19.3 Å². The molecule has 4 N–H and O–H groups in total. The van der Waals surface area contributed by atoms with Crippen molar-refractivity contribution in [1.29, 1.82) is 0 Å². The Hall–Kier alpha value is -9.32. The third-order valence-corrected chi connectivity index (χ3v) is 12.3. The van der Waals surface area contributed by atoms with Gasteiger partial charge in [0.2, 0.25) is 0 Å². The molecule has 0 spiro atoms. The number of nitrogens with zero attached hydrogens (tertiary/aromatic N) is 8. The van der Waals surface area contributed by atoms with E-state index in [1.165, 1.54) is 49.1 Å². The molecule has 384 valence electrons. The molecule has 6 heterocycles. The molecular weight excluding hydrogens is 973 g/mol. The lowest BCUT2D eigenvalue weighted by molar-refractivity contribution is -0.385. The van der Waals surface area contributed by atoms with E-state index >= 15 is 0 Å². The summed E-state index contributed by atoms with van der Waals surface area (Å²) in [6.07, 6.45) is 6.46. The van der Waals surface area contributed by atoms with Gasteiger partial charge in [0.1, 0.15) is 54.1 Å². The third-order valence-electron chi connectivity index (χ3n) is 12.3. The van der Waals surface area contributed by atoms with E-state index in [-0.39, 0.29) is 52.8 Å². The SMILES string of the molecule is CC[C@H]1O[C@@H](n2ccc3c(NC(=O)c4ccccc4)ncnc32)C[C@@H]1O.CC[C@H]1O[C@@H](n2ccc3c(NC(=O)c4ccccc4)ncnc32)C[C@H]1OC(=O)c1ccc([N+](=O)[O-])cc1.O=C(O)c1ccc([N+](=O)[O-])cc1. The Morgan fingerprint density at radius 2 is 1.05 bits per heavy atom. The lowest BCUT2D eigenvalue weighted by Gasteiger charge is -2.17. The minimum Gasteiger partial charge on any atom is -0.478 e. The highest BCUT2D eigenvalue weighted by Gasteiger charge is 2.39. The molecule has 2 saturated heterocycles. The second-order valence-corrected chi connectivity index (χ2v) is 17.0. The minimum atomic E-state index is -1.09. The van der Waals surface area contributed by atoms with Gasteiger partial charge in [0.15, 0.2) is 0 Å². The lowest BCUT2D eigenvalue weighted by atomic mass is 10.1. The second kappa shape index (κ2) is 23.5. The van der Waals surface area contributed by atoms with Gasteiger partial charge in [-0.25, -0.2) is 29.5 Å². The predicted octanol–water partition coefficient (Wildman–Crippen LogP) is 8.55. The summed E-state index contributed by atoms with van der Waals surface area (Å²) in [5.41, 5.74) is 2.36. The zero-order valence-corrected chi connectivity index (χ0v) is 40.1.